The third-order valence-electron chi connectivity index (χ3n) is 3.88. The first kappa shape index (κ1) is 16.0. The van der Waals surface area contributed by atoms with E-state index in [4.69, 9.17) is 4.74 Å². The Labute approximate surface area is 122 Å². The highest BCUT2D eigenvalue weighted by molar-refractivity contribution is 5.31. The van der Waals surface area contributed by atoms with Crippen LogP contribution in [0.4, 0.5) is 19.1 Å². The van der Waals surface area contributed by atoms with Gasteiger partial charge in [0.1, 0.15) is 0 Å². The molecule has 2 heterocycles. The molecule has 0 amide bonds. The van der Waals surface area contributed by atoms with Crippen molar-refractivity contribution in [3.8, 4) is 0 Å². The van der Waals surface area contributed by atoms with E-state index < -0.39 is 11.7 Å². The maximum absolute atomic E-state index is 12.5. The van der Waals surface area contributed by atoms with Gasteiger partial charge in [-0.05, 0) is 32.6 Å². The van der Waals surface area contributed by atoms with Gasteiger partial charge in [0.05, 0.1) is 11.7 Å². The van der Waals surface area contributed by atoms with Crippen molar-refractivity contribution >= 4 is 5.95 Å². The van der Waals surface area contributed by atoms with Crippen LogP contribution in [0.15, 0.2) is 12.4 Å². The van der Waals surface area contributed by atoms with Gasteiger partial charge in [-0.1, -0.05) is 0 Å². The third kappa shape index (κ3) is 4.06. The first-order valence-corrected chi connectivity index (χ1v) is 7.17. The summed E-state index contributed by atoms with van der Waals surface area (Å²) in [7, 11) is 0. The van der Waals surface area contributed by atoms with E-state index in [1.165, 1.54) is 0 Å². The molecule has 0 spiro atoms. The van der Waals surface area contributed by atoms with Crippen molar-refractivity contribution in [3.63, 3.8) is 0 Å². The van der Waals surface area contributed by atoms with Gasteiger partial charge in [-0.25, -0.2) is 9.97 Å². The van der Waals surface area contributed by atoms with E-state index in [0.717, 1.165) is 38.3 Å². The molecule has 0 bridgehead atoms. The van der Waals surface area contributed by atoms with E-state index in [1.54, 1.807) is 0 Å². The predicted molar refractivity (Wildman–Crippen MR) is 73.1 cm³/mol. The van der Waals surface area contributed by atoms with Crippen molar-refractivity contribution in [2.45, 2.75) is 39.0 Å². The third-order valence-corrected chi connectivity index (χ3v) is 3.88. The highest BCUT2D eigenvalue weighted by Crippen LogP contribution is 2.29. The van der Waals surface area contributed by atoms with Crippen molar-refractivity contribution in [1.82, 2.24) is 9.97 Å². The maximum atomic E-state index is 12.5. The van der Waals surface area contributed by atoms with Crippen LogP contribution in [0, 0.1) is 5.92 Å². The summed E-state index contributed by atoms with van der Waals surface area (Å²) in [5, 5.41) is 0. The van der Waals surface area contributed by atoms with Crippen molar-refractivity contribution in [2.75, 3.05) is 24.6 Å². The Morgan fingerprint density at radius 1 is 1.29 bits per heavy atom. The summed E-state index contributed by atoms with van der Waals surface area (Å²) >= 11 is 0. The number of aromatic nitrogens is 2. The van der Waals surface area contributed by atoms with Crippen LogP contribution < -0.4 is 4.90 Å². The highest BCUT2D eigenvalue weighted by atomic mass is 19.4. The van der Waals surface area contributed by atoms with Gasteiger partial charge in [0.15, 0.2) is 0 Å². The molecule has 2 rings (SSSR count). The van der Waals surface area contributed by atoms with Crippen LogP contribution >= 0.6 is 0 Å². The van der Waals surface area contributed by atoms with Crippen molar-refractivity contribution in [1.29, 1.82) is 0 Å². The van der Waals surface area contributed by atoms with Crippen molar-refractivity contribution in [2.24, 2.45) is 5.92 Å². The minimum atomic E-state index is -4.39. The first-order chi connectivity index (χ1) is 9.91. The second kappa shape index (κ2) is 6.60. The quantitative estimate of drug-likeness (QED) is 0.856. The van der Waals surface area contributed by atoms with Gasteiger partial charge in [0.25, 0.3) is 0 Å². The van der Waals surface area contributed by atoms with Crippen LogP contribution in [-0.4, -0.2) is 35.8 Å². The molecule has 1 atom stereocenters. The average molecular weight is 303 g/mol. The Morgan fingerprint density at radius 3 is 2.33 bits per heavy atom. The summed E-state index contributed by atoms with van der Waals surface area (Å²) < 4.78 is 43.0. The zero-order valence-corrected chi connectivity index (χ0v) is 12.2. The molecular weight excluding hydrogens is 283 g/mol. The lowest BCUT2D eigenvalue weighted by Crippen LogP contribution is -2.38. The molecule has 1 aliphatic heterocycles. The monoisotopic (exact) mass is 303 g/mol. The first-order valence-electron chi connectivity index (χ1n) is 7.17. The molecule has 118 valence electrons. The zero-order chi connectivity index (χ0) is 15.5. The summed E-state index contributed by atoms with van der Waals surface area (Å²) in [5.41, 5.74) is -0.814. The van der Waals surface area contributed by atoms with E-state index in [-0.39, 0.29) is 6.10 Å². The molecule has 0 N–H and O–H groups in total. The number of nitrogens with zero attached hydrogens (tertiary/aromatic N) is 3. The van der Waals surface area contributed by atoms with Crippen LogP contribution in [-0.2, 0) is 10.9 Å². The molecular formula is C14H20F3N3O. The molecule has 1 aromatic heterocycles. The van der Waals surface area contributed by atoms with E-state index in [0.29, 0.717) is 18.5 Å². The molecule has 0 saturated carbocycles. The number of alkyl halides is 3. The Hall–Kier alpha value is -1.37. The van der Waals surface area contributed by atoms with Gasteiger partial charge < -0.3 is 9.64 Å². The number of halogens is 3. The lowest BCUT2D eigenvalue weighted by molar-refractivity contribution is -0.138. The summed E-state index contributed by atoms with van der Waals surface area (Å²) in [6.45, 7) is 6.23. The topological polar surface area (TPSA) is 38.2 Å². The average Bonchev–Trinajstić information content (AvgIpc) is 2.47. The maximum Gasteiger partial charge on any atom is 0.419 e. The zero-order valence-electron chi connectivity index (χ0n) is 12.2. The number of rotatable bonds is 4. The van der Waals surface area contributed by atoms with Crippen LogP contribution in [0.5, 0.6) is 0 Å². The number of hydrogen-bond donors (Lipinski definition) is 0. The fourth-order valence-corrected chi connectivity index (χ4v) is 2.60. The second-order valence-corrected chi connectivity index (χ2v) is 5.25. The molecule has 1 saturated heterocycles. The summed E-state index contributed by atoms with van der Waals surface area (Å²) in [6, 6.07) is 0. The van der Waals surface area contributed by atoms with Crippen molar-refractivity contribution < 1.29 is 17.9 Å². The SMILES string of the molecule is CCOC(C)C1CCN(c2ncc(C(F)(F)F)cn2)CC1. The van der Waals surface area contributed by atoms with Gasteiger partial charge in [-0.2, -0.15) is 13.2 Å². The molecule has 0 aromatic carbocycles. The Kier molecular flexibility index (Phi) is 5.03. The van der Waals surface area contributed by atoms with Gasteiger partial charge in [-0.15, -0.1) is 0 Å². The Morgan fingerprint density at radius 2 is 1.86 bits per heavy atom. The van der Waals surface area contributed by atoms with E-state index in [1.807, 2.05) is 11.8 Å². The minimum absolute atomic E-state index is 0.214. The Balaban J connectivity index is 1.93. The lowest BCUT2D eigenvalue weighted by atomic mass is 9.92. The van der Waals surface area contributed by atoms with Crippen LogP contribution in [0.3, 0.4) is 0 Å². The Bertz CT molecular complexity index is 442. The smallest absolute Gasteiger partial charge is 0.379 e. The van der Waals surface area contributed by atoms with Crippen molar-refractivity contribution in [3.05, 3.63) is 18.0 Å². The molecule has 1 unspecified atom stereocenters. The number of anilines is 1. The molecule has 21 heavy (non-hydrogen) atoms. The fourth-order valence-electron chi connectivity index (χ4n) is 2.60. The number of ether oxygens (including phenoxy) is 1. The molecule has 1 aliphatic rings. The molecule has 1 aromatic rings. The summed E-state index contributed by atoms with van der Waals surface area (Å²) in [5.74, 6) is 0.848. The molecule has 7 heteroatoms. The number of piperidine rings is 1. The minimum Gasteiger partial charge on any atom is -0.379 e. The molecule has 0 radical (unpaired) electrons. The van der Waals surface area contributed by atoms with Crippen LogP contribution in [0.2, 0.25) is 0 Å². The van der Waals surface area contributed by atoms with Gasteiger partial charge in [-0.3, -0.25) is 0 Å². The fraction of sp³-hybridized carbons (Fsp3) is 0.714. The van der Waals surface area contributed by atoms with E-state index in [9.17, 15) is 13.2 Å². The largest absolute Gasteiger partial charge is 0.419 e. The predicted octanol–water partition coefficient (Wildman–Crippen LogP) is 3.14. The second-order valence-electron chi connectivity index (χ2n) is 5.25. The van der Waals surface area contributed by atoms with E-state index in [2.05, 4.69) is 16.9 Å². The normalized spacial score (nSPS) is 18.8. The van der Waals surface area contributed by atoms with E-state index >= 15 is 0 Å². The van der Waals surface area contributed by atoms with Gasteiger partial charge in [0.2, 0.25) is 5.95 Å². The lowest BCUT2D eigenvalue weighted by Gasteiger charge is -2.34. The van der Waals surface area contributed by atoms with Gasteiger partial charge >= 0.3 is 6.18 Å². The molecule has 1 fully saturated rings. The standard InChI is InChI=1S/C14H20F3N3O/c1-3-21-10(2)11-4-6-20(7-5-11)13-18-8-12(9-19-13)14(15,16)17/h8-11H,3-7H2,1-2H3. The summed E-state index contributed by atoms with van der Waals surface area (Å²) in [4.78, 5) is 9.60. The number of hydrogen-bond acceptors (Lipinski definition) is 4. The molecule has 0 aliphatic carbocycles. The van der Waals surface area contributed by atoms with Gasteiger partial charge in [0, 0.05) is 32.1 Å². The van der Waals surface area contributed by atoms with Crippen LogP contribution in [0.1, 0.15) is 32.3 Å². The highest BCUT2D eigenvalue weighted by Gasteiger charge is 2.32. The van der Waals surface area contributed by atoms with Crippen LogP contribution in [0.25, 0.3) is 0 Å². The summed E-state index contributed by atoms with van der Waals surface area (Å²) in [6.07, 6.45) is -0.616. The molecule has 4 nitrogen and oxygen atoms in total.